The summed E-state index contributed by atoms with van der Waals surface area (Å²) in [6.45, 7) is 14.2. The van der Waals surface area contributed by atoms with Crippen molar-refractivity contribution < 1.29 is 14.0 Å². The van der Waals surface area contributed by atoms with E-state index in [4.69, 9.17) is 14.0 Å². The number of ether oxygens (including phenoxy) is 1. The van der Waals surface area contributed by atoms with Crippen molar-refractivity contribution in [3.05, 3.63) is 65.7 Å². The minimum atomic E-state index is -0.615. The summed E-state index contributed by atoms with van der Waals surface area (Å²) in [5, 5.41) is 1.43. The Kier molecular flexibility index (Phi) is 6.50. The Morgan fingerprint density at radius 2 is 1.46 bits per heavy atom. The molecule has 1 saturated heterocycles. The second kappa shape index (κ2) is 8.54. The maximum absolute atomic E-state index is 6.43. The van der Waals surface area contributed by atoms with Crippen molar-refractivity contribution in [3.8, 4) is 0 Å². The summed E-state index contributed by atoms with van der Waals surface area (Å²) in [5.74, 6) is 0.0425. The highest BCUT2D eigenvalue weighted by Crippen LogP contribution is 2.40. The van der Waals surface area contributed by atoms with Gasteiger partial charge in [0.1, 0.15) is 0 Å². The molecule has 0 spiro atoms. The smallest absolute Gasteiger partial charge is 0.403 e. The molecule has 5 heteroatoms. The van der Waals surface area contributed by atoms with Crippen molar-refractivity contribution in [1.82, 2.24) is 0 Å². The molecule has 28 heavy (non-hydrogen) atoms. The van der Waals surface area contributed by atoms with Gasteiger partial charge in [0.15, 0.2) is 0 Å². The van der Waals surface area contributed by atoms with Crippen molar-refractivity contribution >= 4 is 21.1 Å². The molecule has 0 saturated carbocycles. The monoisotopic (exact) mass is 395 g/mol. The van der Waals surface area contributed by atoms with E-state index in [2.05, 4.69) is 77.2 Å². The van der Waals surface area contributed by atoms with E-state index >= 15 is 0 Å². The highest BCUT2D eigenvalue weighted by Gasteiger charge is 2.54. The predicted octanol–water partition coefficient (Wildman–Crippen LogP) is 4.58. The van der Waals surface area contributed by atoms with Gasteiger partial charge in [0.05, 0.1) is 33.2 Å². The van der Waals surface area contributed by atoms with E-state index in [1.165, 1.54) is 16.3 Å². The van der Waals surface area contributed by atoms with Crippen LogP contribution in [0.25, 0.3) is 0 Å². The Balaban J connectivity index is 1.85. The van der Waals surface area contributed by atoms with Crippen LogP contribution in [0.5, 0.6) is 0 Å². The van der Waals surface area contributed by atoms with Crippen molar-refractivity contribution in [3.63, 3.8) is 0 Å². The summed E-state index contributed by atoms with van der Waals surface area (Å²) in [4.78, 5) is 0. The topological polar surface area (TPSA) is 27.7 Å². The Bertz CT molecular complexity index is 760. The van der Waals surface area contributed by atoms with Gasteiger partial charge in [-0.15, -0.1) is 0 Å². The standard InChI is InChI=1S/C23H32BO3Si/c1-22(2)23(3,4)27-24(26-22)20(17-25-16-18-12-8-7-9-13-18)19-14-10-11-15-21(19)28(5)6/h7-15,20H,16-17H2,1-6H3. The summed E-state index contributed by atoms with van der Waals surface area (Å²) in [5.41, 5.74) is 1.78. The first kappa shape index (κ1) is 21.3. The highest BCUT2D eigenvalue weighted by atomic mass is 28.3. The largest absolute Gasteiger partial charge is 0.468 e. The fourth-order valence-electron chi connectivity index (χ4n) is 3.52. The molecule has 0 amide bonds. The maximum Gasteiger partial charge on any atom is 0.468 e. The normalized spacial score (nSPS) is 19.2. The van der Waals surface area contributed by atoms with E-state index in [-0.39, 0.29) is 24.1 Å². The van der Waals surface area contributed by atoms with Crippen molar-refractivity contribution in [2.75, 3.05) is 6.61 Å². The summed E-state index contributed by atoms with van der Waals surface area (Å²) in [7, 11) is -0.931. The average molecular weight is 395 g/mol. The number of rotatable bonds is 7. The van der Waals surface area contributed by atoms with Crippen LogP contribution in [-0.2, 0) is 20.7 Å². The molecule has 1 aliphatic heterocycles. The average Bonchev–Trinajstić information content (AvgIpc) is 2.87. The van der Waals surface area contributed by atoms with Gasteiger partial charge in [-0.3, -0.25) is 0 Å². The Hall–Kier alpha value is -1.40. The van der Waals surface area contributed by atoms with Gasteiger partial charge in [0, 0.05) is 5.82 Å². The quantitative estimate of drug-likeness (QED) is 0.643. The second-order valence-electron chi connectivity index (χ2n) is 8.82. The molecule has 1 atom stereocenters. The molecule has 0 aliphatic carbocycles. The van der Waals surface area contributed by atoms with Gasteiger partial charge < -0.3 is 14.0 Å². The molecule has 2 aromatic rings. The van der Waals surface area contributed by atoms with Crippen LogP contribution < -0.4 is 5.19 Å². The Morgan fingerprint density at radius 1 is 0.893 bits per heavy atom. The zero-order valence-corrected chi connectivity index (χ0v) is 19.0. The van der Waals surface area contributed by atoms with E-state index in [1.54, 1.807) is 0 Å². The van der Waals surface area contributed by atoms with E-state index in [1.807, 2.05) is 18.2 Å². The molecule has 1 radical (unpaired) electrons. The molecular formula is C23H32BO3Si. The lowest BCUT2D eigenvalue weighted by Gasteiger charge is -2.32. The molecule has 1 unspecified atom stereocenters. The van der Waals surface area contributed by atoms with E-state index in [0.717, 1.165) is 0 Å². The van der Waals surface area contributed by atoms with E-state index in [0.29, 0.717) is 13.2 Å². The van der Waals surface area contributed by atoms with Crippen molar-refractivity contribution in [1.29, 1.82) is 0 Å². The first-order valence-corrected chi connectivity index (χ1v) is 12.6. The molecule has 0 aromatic heterocycles. The van der Waals surface area contributed by atoms with Gasteiger partial charge in [-0.1, -0.05) is 72.9 Å². The molecule has 0 N–H and O–H groups in total. The summed E-state index contributed by atoms with van der Waals surface area (Å²) >= 11 is 0. The zero-order chi connectivity index (χ0) is 20.4. The van der Waals surface area contributed by atoms with Crippen molar-refractivity contribution in [2.24, 2.45) is 0 Å². The summed E-state index contributed by atoms with van der Waals surface area (Å²) in [6, 6.07) is 19.0. The van der Waals surface area contributed by atoms with Gasteiger partial charge in [-0.2, -0.15) is 0 Å². The van der Waals surface area contributed by atoms with E-state index < -0.39 is 8.80 Å². The van der Waals surface area contributed by atoms with Crippen LogP contribution >= 0.6 is 0 Å². The molecule has 3 nitrogen and oxygen atoms in total. The first-order chi connectivity index (χ1) is 13.2. The minimum absolute atomic E-state index is 0.0425. The molecule has 3 rings (SSSR count). The highest BCUT2D eigenvalue weighted by molar-refractivity contribution is 6.71. The molecule has 0 bridgehead atoms. The third kappa shape index (κ3) is 4.60. The number of hydrogen-bond donors (Lipinski definition) is 0. The SMILES string of the molecule is C[Si](C)c1ccccc1C(COCc1ccccc1)B1OC(C)(C)C(C)(C)O1. The van der Waals surface area contributed by atoms with Crippen LogP contribution in [0.4, 0.5) is 0 Å². The van der Waals surface area contributed by atoms with Gasteiger partial charge in [0.2, 0.25) is 0 Å². The molecular weight excluding hydrogens is 363 g/mol. The summed E-state index contributed by atoms with van der Waals surface area (Å²) < 4.78 is 19.0. The van der Waals surface area contributed by atoms with Crippen LogP contribution in [0, 0.1) is 0 Å². The van der Waals surface area contributed by atoms with Gasteiger partial charge in [-0.05, 0) is 38.8 Å². The first-order valence-electron chi connectivity index (χ1n) is 10.1. The fourth-order valence-corrected chi connectivity index (χ4v) is 4.80. The van der Waals surface area contributed by atoms with Gasteiger partial charge in [0.25, 0.3) is 0 Å². The molecule has 1 heterocycles. The third-order valence-corrected chi connectivity index (χ3v) is 7.44. The maximum atomic E-state index is 6.43. The second-order valence-corrected chi connectivity index (χ2v) is 11.4. The lowest BCUT2D eigenvalue weighted by Crippen LogP contribution is -2.41. The molecule has 1 aliphatic rings. The number of hydrogen-bond acceptors (Lipinski definition) is 3. The number of benzene rings is 2. The van der Waals surface area contributed by atoms with Gasteiger partial charge >= 0.3 is 7.12 Å². The van der Waals surface area contributed by atoms with E-state index in [9.17, 15) is 0 Å². The third-order valence-electron chi connectivity index (χ3n) is 5.91. The molecule has 2 aromatic carbocycles. The van der Waals surface area contributed by atoms with Crippen molar-refractivity contribution in [2.45, 2.75) is 64.4 Å². The van der Waals surface area contributed by atoms with Crippen LogP contribution in [0.15, 0.2) is 54.6 Å². The molecule has 1 fully saturated rings. The lowest BCUT2D eigenvalue weighted by atomic mass is 9.68. The zero-order valence-electron chi connectivity index (χ0n) is 18.0. The van der Waals surface area contributed by atoms with Crippen LogP contribution in [0.2, 0.25) is 13.1 Å². The Labute approximate surface area is 172 Å². The van der Waals surface area contributed by atoms with Gasteiger partial charge in [-0.25, -0.2) is 0 Å². The van der Waals surface area contributed by atoms with Crippen LogP contribution in [-0.4, -0.2) is 33.7 Å². The predicted molar refractivity (Wildman–Crippen MR) is 118 cm³/mol. The summed E-state index contributed by atoms with van der Waals surface area (Å²) in [6.07, 6.45) is 0. The Morgan fingerprint density at radius 3 is 2.07 bits per heavy atom. The molecule has 149 valence electrons. The minimum Gasteiger partial charge on any atom is -0.403 e. The fraction of sp³-hybridized carbons (Fsp3) is 0.478. The van der Waals surface area contributed by atoms with Crippen LogP contribution in [0.1, 0.15) is 44.6 Å². The lowest BCUT2D eigenvalue weighted by molar-refractivity contribution is 0.00578. The van der Waals surface area contributed by atoms with Crippen LogP contribution in [0.3, 0.4) is 0 Å².